The molecule has 0 saturated carbocycles. The Morgan fingerprint density at radius 3 is 1.69 bits per heavy atom. The molecule has 65 heavy (non-hydrogen) atoms. The maximum Gasteiger partial charge on any atom is 0.164 e. The quantitative estimate of drug-likeness (QED) is 0.167. The summed E-state index contributed by atoms with van der Waals surface area (Å²) in [5.41, 5.74) is 18.1. The zero-order valence-corrected chi connectivity index (χ0v) is 35.7. The van der Waals surface area contributed by atoms with Crippen molar-refractivity contribution in [2.24, 2.45) is 0 Å². The van der Waals surface area contributed by atoms with Gasteiger partial charge >= 0.3 is 0 Å². The first kappa shape index (κ1) is 37.2. The fourth-order valence-corrected chi connectivity index (χ4v) is 10.1. The summed E-state index contributed by atoms with van der Waals surface area (Å²) >= 11 is 0. The lowest BCUT2D eigenvalue weighted by molar-refractivity contribution is 0.660. The number of hydrogen-bond donors (Lipinski definition) is 0. The van der Waals surface area contributed by atoms with Gasteiger partial charge in [-0.15, -0.1) is 0 Å². The summed E-state index contributed by atoms with van der Waals surface area (Å²) in [6.07, 6.45) is 0. The van der Waals surface area contributed by atoms with Gasteiger partial charge in [-0.05, 0) is 104 Å². The summed E-state index contributed by atoms with van der Waals surface area (Å²) in [5.74, 6) is 1.72. The van der Waals surface area contributed by atoms with E-state index in [0.717, 1.165) is 82.8 Å². The first-order chi connectivity index (χ1) is 31.9. The second kappa shape index (κ2) is 14.3. The Kier molecular flexibility index (Phi) is 8.18. The zero-order chi connectivity index (χ0) is 43.2. The molecule has 13 rings (SSSR count). The third kappa shape index (κ3) is 5.97. The zero-order valence-electron chi connectivity index (χ0n) is 35.7. The first-order valence-corrected chi connectivity index (χ1v) is 22.1. The molecule has 0 N–H and O–H groups in total. The number of nitrogens with zero attached hydrogens (tertiary/aromatic N) is 3. The van der Waals surface area contributed by atoms with Crippen LogP contribution in [-0.2, 0) is 5.41 Å². The van der Waals surface area contributed by atoms with Crippen molar-refractivity contribution in [1.29, 1.82) is 0 Å². The normalized spacial score (nSPS) is 12.9. The van der Waals surface area contributed by atoms with E-state index in [-0.39, 0.29) is 5.41 Å². The van der Waals surface area contributed by atoms with Gasteiger partial charge in [-0.1, -0.05) is 166 Å². The van der Waals surface area contributed by atoms with Crippen molar-refractivity contribution < 1.29 is 8.83 Å². The van der Waals surface area contributed by atoms with Gasteiger partial charge in [0.25, 0.3) is 0 Å². The number of para-hydroxylation sites is 1. The monoisotopic (exact) mass is 833 g/mol. The molecular weight excluding hydrogens is 795 g/mol. The molecule has 1 aliphatic carbocycles. The van der Waals surface area contributed by atoms with Crippen molar-refractivity contribution in [2.75, 3.05) is 0 Å². The van der Waals surface area contributed by atoms with Gasteiger partial charge in [0, 0.05) is 43.7 Å². The van der Waals surface area contributed by atoms with Crippen molar-refractivity contribution in [3.8, 4) is 78.7 Å². The molecule has 306 valence electrons. The van der Waals surface area contributed by atoms with E-state index in [2.05, 4.69) is 166 Å². The lowest BCUT2D eigenvalue weighted by Gasteiger charge is -2.21. The number of aromatic nitrogens is 3. The standard InChI is InChI=1S/C60H39N3O2/c1-60(2)49-21-8-6-18-45(49)55-43(19-11-22-50(55)60)38-27-25-37(26-28-38)40-29-31-53-48(34-40)56-46(20-12-24-54(56)65-53)59-62-57(41-16-10-15-39(33-41)36-13-4-3-5-14-36)61-58(63-59)42-30-32-52-47(35-42)44-17-7-9-23-51(44)64-52/h3-35H,1-2H3. The third-order valence-electron chi connectivity index (χ3n) is 13.4. The van der Waals surface area contributed by atoms with Crippen LogP contribution in [0.5, 0.6) is 0 Å². The summed E-state index contributed by atoms with van der Waals surface area (Å²) in [7, 11) is 0. The number of fused-ring (bicyclic) bond motifs is 9. The van der Waals surface area contributed by atoms with Gasteiger partial charge in [0.1, 0.15) is 22.3 Å². The van der Waals surface area contributed by atoms with Crippen LogP contribution in [0, 0.1) is 0 Å². The highest BCUT2D eigenvalue weighted by Gasteiger charge is 2.36. The number of hydrogen-bond acceptors (Lipinski definition) is 5. The molecule has 0 saturated heterocycles. The predicted molar refractivity (Wildman–Crippen MR) is 265 cm³/mol. The molecule has 0 amide bonds. The molecule has 12 aromatic rings. The van der Waals surface area contributed by atoms with E-state index in [1.165, 1.54) is 33.4 Å². The Hall–Kier alpha value is -8.41. The van der Waals surface area contributed by atoms with E-state index >= 15 is 0 Å². The average molecular weight is 834 g/mol. The summed E-state index contributed by atoms with van der Waals surface area (Å²) in [6.45, 7) is 4.66. The molecular formula is C60H39N3O2. The van der Waals surface area contributed by atoms with E-state index in [0.29, 0.717) is 17.5 Å². The maximum atomic E-state index is 6.56. The number of rotatable bonds is 6. The molecule has 0 radical (unpaired) electrons. The smallest absolute Gasteiger partial charge is 0.164 e. The van der Waals surface area contributed by atoms with E-state index in [9.17, 15) is 0 Å². The molecule has 0 atom stereocenters. The van der Waals surface area contributed by atoms with Crippen molar-refractivity contribution >= 4 is 43.9 Å². The van der Waals surface area contributed by atoms with Gasteiger partial charge in [0.2, 0.25) is 0 Å². The van der Waals surface area contributed by atoms with Gasteiger partial charge in [-0.25, -0.2) is 15.0 Å². The fourth-order valence-electron chi connectivity index (χ4n) is 10.1. The van der Waals surface area contributed by atoms with Crippen LogP contribution in [0.1, 0.15) is 25.0 Å². The van der Waals surface area contributed by atoms with Gasteiger partial charge in [0.05, 0.1) is 0 Å². The Bertz CT molecular complexity index is 3860. The summed E-state index contributed by atoms with van der Waals surface area (Å²) < 4.78 is 12.8. The molecule has 0 unspecified atom stereocenters. The van der Waals surface area contributed by atoms with Crippen molar-refractivity contribution in [3.05, 3.63) is 211 Å². The van der Waals surface area contributed by atoms with Crippen LogP contribution in [0.15, 0.2) is 209 Å². The topological polar surface area (TPSA) is 65.0 Å². The van der Waals surface area contributed by atoms with E-state index in [1.807, 2.05) is 48.5 Å². The highest BCUT2D eigenvalue weighted by Crippen LogP contribution is 2.52. The van der Waals surface area contributed by atoms with Gasteiger partial charge in [-0.2, -0.15) is 0 Å². The molecule has 0 aliphatic heterocycles. The molecule has 5 heteroatoms. The largest absolute Gasteiger partial charge is 0.456 e. The predicted octanol–water partition coefficient (Wildman–Crippen LogP) is 16.0. The minimum Gasteiger partial charge on any atom is -0.456 e. The van der Waals surface area contributed by atoms with Gasteiger partial charge < -0.3 is 8.83 Å². The molecule has 1 aliphatic rings. The first-order valence-electron chi connectivity index (χ1n) is 22.1. The van der Waals surface area contributed by atoms with Crippen molar-refractivity contribution in [1.82, 2.24) is 15.0 Å². The molecule has 0 fully saturated rings. The van der Waals surface area contributed by atoms with Crippen LogP contribution in [0.4, 0.5) is 0 Å². The molecule has 0 spiro atoms. The summed E-state index contributed by atoms with van der Waals surface area (Å²) in [6, 6.07) is 70.2. The summed E-state index contributed by atoms with van der Waals surface area (Å²) in [5, 5.41) is 4.02. The minimum absolute atomic E-state index is 0.0503. The highest BCUT2D eigenvalue weighted by molar-refractivity contribution is 6.13. The van der Waals surface area contributed by atoms with Crippen LogP contribution >= 0.6 is 0 Å². The second-order valence-electron chi connectivity index (χ2n) is 17.5. The molecule has 3 heterocycles. The van der Waals surface area contributed by atoms with Gasteiger partial charge in [-0.3, -0.25) is 0 Å². The molecule has 9 aromatic carbocycles. The third-order valence-corrected chi connectivity index (χ3v) is 13.4. The van der Waals surface area contributed by atoms with Crippen LogP contribution in [0.3, 0.4) is 0 Å². The second-order valence-corrected chi connectivity index (χ2v) is 17.5. The molecule has 3 aromatic heterocycles. The SMILES string of the molecule is CC1(C)c2ccccc2-c2c(-c3ccc(-c4ccc5oc6cccc(-c7nc(-c8cccc(-c9ccccc9)c8)nc(-c8ccc9oc%10ccccc%10c9c8)n7)c6c5c4)cc3)cccc21. The van der Waals surface area contributed by atoms with Crippen LogP contribution in [0.2, 0.25) is 0 Å². The molecule has 0 bridgehead atoms. The van der Waals surface area contributed by atoms with E-state index < -0.39 is 0 Å². The Labute approximate surface area is 375 Å². The highest BCUT2D eigenvalue weighted by atomic mass is 16.3. The lowest BCUT2D eigenvalue weighted by Crippen LogP contribution is -2.14. The van der Waals surface area contributed by atoms with Gasteiger partial charge in [0.15, 0.2) is 17.5 Å². The maximum absolute atomic E-state index is 6.56. The average Bonchev–Trinajstić information content (AvgIpc) is 4.01. The number of furan rings is 2. The Morgan fingerprint density at radius 1 is 0.323 bits per heavy atom. The Morgan fingerprint density at radius 2 is 0.831 bits per heavy atom. The van der Waals surface area contributed by atoms with E-state index in [1.54, 1.807) is 0 Å². The van der Waals surface area contributed by atoms with Crippen LogP contribution in [-0.4, -0.2) is 15.0 Å². The molecule has 5 nitrogen and oxygen atoms in total. The minimum atomic E-state index is -0.0503. The Balaban J connectivity index is 0.944. The van der Waals surface area contributed by atoms with Crippen molar-refractivity contribution in [2.45, 2.75) is 19.3 Å². The van der Waals surface area contributed by atoms with E-state index in [4.69, 9.17) is 23.8 Å². The lowest BCUT2D eigenvalue weighted by atomic mass is 9.82. The van der Waals surface area contributed by atoms with Crippen molar-refractivity contribution in [3.63, 3.8) is 0 Å². The summed E-state index contributed by atoms with van der Waals surface area (Å²) in [4.78, 5) is 15.7. The van der Waals surface area contributed by atoms with Crippen LogP contribution < -0.4 is 0 Å². The van der Waals surface area contributed by atoms with Crippen LogP contribution in [0.25, 0.3) is 123 Å². The fraction of sp³-hybridized carbons (Fsp3) is 0.0500. The number of benzene rings is 9.